The quantitative estimate of drug-likeness (QED) is 0.744. The molecule has 2 aliphatic rings. The highest BCUT2D eigenvalue weighted by Gasteiger charge is 2.39. The zero-order valence-electron chi connectivity index (χ0n) is 12.5. The summed E-state index contributed by atoms with van der Waals surface area (Å²) >= 11 is 0. The fraction of sp³-hybridized carbons (Fsp3) is 1.00. The van der Waals surface area contributed by atoms with Crippen molar-refractivity contribution in [1.82, 2.24) is 15.1 Å². The molecule has 2 rings (SSSR count). The molecule has 18 heavy (non-hydrogen) atoms. The van der Waals surface area contributed by atoms with Crippen molar-refractivity contribution < 1.29 is 0 Å². The zero-order chi connectivity index (χ0) is 13.0. The molecule has 0 aromatic heterocycles. The first kappa shape index (κ1) is 14.3. The first-order valence-electron chi connectivity index (χ1n) is 7.81. The van der Waals surface area contributed by atoms with Gasteiger partial charge in [0.1, 0.15) is 0 Å². The van der Waals surface area contributed by atoms with E-state index >= 15 is 0 Å². The molecule has 0 aromatic carbocycles. The summed E-state index contributed by atoms with van der Waals surface area (Å²) in [4.78, 5) is 4.96. The highest BCUT2D eigenvalue weighted by molar-refractivity contribution is 4.95. The molecule has 2 fully saturated rings. The topological polar surface area (TPSA) is 18.5 Å². The van der Waals surface area contributed by atoms with Gasteiger partial charge in [0.15, 0.2) is 0 Å². The highest BCUT2D eigenvalue weighted by atomic mass is 15.2. The fourth-order valence-corrected chi connectivity index (χ4v) is 3.73. The van der Waals surface area contributed by atoms with Gasteiger partial charge < -0.3 is 15.1 Å². The lowest BCUT2D eigenvalue weighted by atomic mass is 9.94. The van der Waals surface area contributed by atoms with Crippen LogP contribution >= 0.6 is 0 Å². The van der Waals surface area contributed by atoms with Gasteiger partial charge in [0, 0.05) is 25.7 Å². The third kappa shape index (κ3) is 3.69. The Hall–Kier alpha value is -0.120. The summed E-state index contributed by atoms with van der Waals surface area (Å²) in [6.45, 7) is 8.50. The summed E-state index contributed by atoms with van der Waals surface area (Å²) in [5.41, 5.74) is 0. The molecule has 1 aliphatic heterocycles. The summed E-state index contributed by atoms with van der Waals surface area (Å²) in [5.74, 6) is 1.97. The number of hydrogen-bond donors (Lipinski definition) is 1. The van der Waals surface area contributed by atoms with Crippen LogP contribution in [-0.2, 0) is 0 Å². The Morgan fingerprint density at radius 2 is 1.94 bits per heavy atom. The second-order valence-corrected chi connectivity index (χ2v) is 6.47. The SMILES string of the molecule is CCCN(CCN(C)C)CC1NCC2CCCC21. The normalized spacial score (nSPS) is 31.5. The molecule has 1 saturated carbocycles. The maximum Gasteiger partial charge on any atom is 0.0226 e. The molecule has 1 saturated heterocycles. The number of hydrogen-bond acceptors (Lipinski definition) is 3. The first-order valence-corrected chi connectivity index (χ1v) is 7.81. The molecule has 0 radical (unpaired) electrons. The van der Waals surface area contributed by atoms with Gasteiger partial charge in [-0.1, -0.05) is 13.3 Å². The molecule has 3 nitrogen and oxygen atoms in total. The van der Waals surface area contributed by atoms with Gasteiger partial charge in [0.05, 0.1) is 0 Å². The minimum atomic E-state index is 0.770. The van der Waals surface area contributed by atoms with Gasteiger partial charge in [-0.2, -0.15) is 0 Å². The van der Waals surface area contributed by atoms with E-state index in [1.54, 1.807) is 0 Å². The van der Waals surface area contributed by atoms with Crippen molar-refractivity contribution in [2.24, 2.45) is 11.8 Å². The van der Waals surface area contributed by atoms with Crippen LogP contribution in [0.4, 0.5) is 0 Å². The molecular weight excluding hydrogens is 222 g/mol. The van der Waals surface area contributed by atoms with Crippen LogP contribution in [0.15, 0.2) is 0 Å². The molecule has 0 spiro atoms. The van der Waals surface area contributed by atoms with Gasteiger partial charge in [-0.15, -0.1) is 0 Å². The van der Waals surface area contributed by atoms with E-state index in [2.05, 4.69) is 36.1 Å². The second kappa shape index (κ2) is 6.88. The largest absolute Gasteiger partial charge is 0.312 e. The third-order valence-corrected chi connectivity index (χ3v) is 4.74. The molecular formula is C15H31N3. The smallest absolute Gasteiger partial charge is 0.0226 e. The van der Waals surface area contributed by atoms with E-state index in [0.29, 0.717) is 0 Å². The molecule has 0 amide bonds. The molecule has 0 bridgehead atoms. The Bertz CT molecular complexity index is 242. The lowest BCUT2D eigenvalue weighted by molar-refractivity contribution is 0.206. The Balaban J connectivity index is 1.80. The van der Waals surface area contributed by atoms with Crippen molar-refractivity contribution in [3.05, 3.63) is 0 Å². The molecule has 3 atom stereocenters. The van der Waals surface area contributed by atoms with Crippen molar-refractivity contribution in [3.8, 4) is 0 Å². The molecule has 1 heterocycles. The summed E-state index contributed by atoms with van der Waals surface area (Å²) in [6, 6.07) is 0.770. The van der Waals surface area contributed by atoms with Crippen LogP contribution in [-0.4, -0.2) is 62.7 Å². The lowest BCUT2D eigenvalue weighted by Crippen LogP contribution is -2.43. The summed E-state index contributed by atoms with van der Waals surface area (Å²) in [6.07, 6.45) is 5.68. The van der Waals surface area contributed by atoms with E-state index < -0.39 is 0 Å². The van der Waals surface area contributed by atoms with Crippen LogP contribution in [0.3, 0.4) is 0 Å². The van der Waals surface area contributed by atoms with E-state index in [-0.39, 0.29) is 0 Å². The van der Waals surface area contributed by atoms with Crippen molar-refractivity contribution in [1.29, 1.82) is 0 Å². The summed E-state index contributed by atoms with van der Waals surface area (Å²) < 4.78 is 0. The van der Waals surface area contributed by atoms with Crippen molar-refractivity contribution in [2.45, 2.75) is 38.6 Å². The monoisotopic (exact) mass is 253 g/mol. The lowest BCUT2D eigenvalue weighted by Gasteiger charge is -2.29. The molecule has 106 valence electrons. The molecule has 1 aliphatic carbocycles. The van der Waals surface area contributed by atoms with Gasteiger partial charge in [0.25, 0.3) is 0 Å². The van der Waals surface area contributed by atoms with Gasteiger partial charge in [0.2, 0.25) is 0 Å². The average molecular weight is 253 g/mol. The molecule has 1 N–H and O–H groups in total. The predicted octanol–water partition coefficient (Wildman–Crippen LogP) is 1.65. The van der Waals surface area contributed by atoms with E-state index in [9.17, 15) is 0 Å². The summed E-state index contributed by atoms with van der Waals surface area (Å²) in [5, 5.41) is 3.78. The van der Waals surface area contributed by atoms with Crippen molar-refractivity contribution in [2.75, 3.05) is 46.8 Å². The maximum absolute atomic E-state index is 3.78. The fourth-order valence-electron chi connectivity index (χ4n) is 3.73. The van der Waals surface area contributed by atoms with Gasteiger partial charge in [-0.05, 0) is 58.3 Å². The maximum atomic E-state index is 3.78. The first-order chi connectivity index (χ1) is 8.70. The number of nitrogens with zero attached hydrogens (tertiary/aromatic N) is 2. The summed E-state index contributed by atoms with van der Waals surface area (Å²) in [7, 11) is 4.34. The van der Waals surface area contributed by atoms with Crippen LogP contribution < -0.4 is 5.32 Å². The third-order valence-electron chi connectivity index (χ3n) is 4.74. The van der Waals surface area contributed by atoms with Crippen molar-refractivity contribution >= 4 is 0 Å². The van der Waals surface area contributed by atoms with Gasteiger partial charge in [-0.25, -0.2) is 0 Å². The minimum absolute atomic E-state index is 0.770. The number of nitrogens with one attached hydrogen (secondary N) is 1. The van der Waals surface area contributed by atoms with Gasteiger partial charge >= 0.3 is 0 Å². The Kier molecular flexibility index (Phi) is 5.46. The standard InChI is InChI=1S/C15H31N3/c1-4-8-18(10-9-17(2)3)12-15-14-7-5-6-13(14)11-16-15/h13-16H,4-12H2,1-3H3. The highest BCUT2D eigenvalue weighted by Crippen LogP contribution is 2.37. The predicted molar refractivity (Wildman–Crippen MR) is 77.9 cm³/mol. The number of fused-ring (bicyclic) bond motifs is 1. The average Bonchev–Trinajstić information content (AvgIpc) is 2.91. The Morgan fingerprint density at radius 1 is 1.11 bits per heavy atom. The van der Waals surface area contributed by atoms with Crippen LogP contribution in [0.1, 0.15) is 32.6 Å². The van der Waals surface area contributed by atoms with E-state index in [0.717, 1.165) is 17.9 Å². The van der Waals surface area contributed by atoms with E-state index in [1.807, 2.05) is 0 Å². The minimum Gasteiger partial charge on any atom is -0.312 e. The van der Waals surface area contributed by atoms with Crippen LogP contribution in [0.5, 0.6) is 0 Å². The molecule has 3 unspecified atom stereocenters. The second-order valence-electron chi connectivity index (χ2n) is 6.47. The molecule has 0 aromatic rings. The van der Waals surface area contributed by atoms with Crippen LogP contribution in [0, 0.1) is 11.8 Å². The Labute approximate surface area is 113 Å². The van der Waals surface area contributed by atoms with Crippen LogP contribution in [0.2, 0.25) is 0 Å². The van der Waals surface area contributed by atoms with Crippen LogP contribution in [0.25, 0.3) is 0 Å². The Morgan fingerprint density at radius 3 is 2.67 bits per heavy atom. The van der Waals surface area contributed by atoms with E-state index in [1.165, 1.54) is 58.4 Å². The molecule has 3 heteroatoms. The number of likely N-dealkylation sites (N-methyl/N-ethyl adjacent to an activating group) is 1. The zero-order valence-corrected chi connectivity index (χ0v) is 12.5. The van der Waals surface area contributed by atoms with Gasteiger partial charge in [-0.3, -0.25) is 0 Å². The number of rotatable bonds is 7. The van der Waals surface area contributed by atoms with Crippen molar-refractivity contribution in [3.63, 3.8) is 0 Å². The van der Waals surface area contributed by atoms with E-state index in [4.69, 9.17) is 0 Å².